The molecule has 0 radical (unpaired) electrons. The van der Waals surface area contributed by atoms with Gasteiger partial charge in [-0.25, -0.2) is 30.1 Å². The Morgan fingerprint density at radius 2 is 1.76 bits per heavy atom. The Morgan fingerprint density at radius 3 is 2.43 bits per heavy atom. The van der Waals surface area contributed by atoms with Gasteiger partial charge < -0.3 is 0 Å². The summed E-state index contributed by atoms with van der Waals surface area (Å²) in [6, 6.07) is 8.35. The number of aromatic nitrogens is 5. The van der Waals surface area contributed by atoms with Gasteiger partial charge >= 0.3 is 0 Å². The van der Waals surface area contributed by atoms with Crippen LogP contribution in [0, 0.1) is 12.8 Å². The molecule has 0 amide bonds. The van der Waals surface area contributed by atoms with Crippen molar-refractivity contribution >= 4 is 36.9 Å². The lowest BCUT2D eigenvalue weighted by molar-refractivity contribution is 0.360. The van der Waals surface area contributed by atoms with Crippen LogP contribution >= 0.6 is 0 Å². The highest BCUT2D eigenvalue weighted by Gasteiger charge is 2.46. The van der Waals surface area contributed by atoms with E-state index in [4.69, 9.17) is 0 Å². The fourth-order valence-corrected chi connectivity index (χ4v) is 8.77. The molecule has 4 aromatic rings. The SMILES string of the molecule is CC[C@@H]1C[C@H](N(C)S(=O)(=O)C2CC2)C[C@@H]1c1nnc2cnc3c(ccn3S(=O)(=O)c3ccc(C)cc3)n12. The van der Waals surface area contributed by atoms with Crippen molar-refractivity contribution in [3.8, 4) is 0 Å². The van der Waals surface area contributed by atoms with Gasteiger partial charge in [-0.2, -0.15) is 0 Å². The van der Waals surface area contributed by atoms with Crippen LogP contribution in [-0.4, -0.2) is 63.0 Å². The van der Waals surface area contributed by atoms with Gasteiger partial charge in [0.2, 0.25) is 10.0 Å². The quantitative estimate of drug-likeness (QED) is 0.351. The second-order valence-corrected chi connectivity index (χ2v) is 14.4. The molecule has 3 heterocycles. The van der Waals surface area contributed by atoms with Crippen molar-refractivity contribution in [1.82, 2.24) is 27.9 Å². The van der Waals surface area contributed by atoms with Gasteiger partial charge in [0, 0.05) is 25.2 Å². The second-order valence-electron chi connectivity index (χ2n) is 10.3. The molecule has 3 atom stereocenters. The molecule has 12 heteroatoms. The van der Waals surface area contributed by atoms with Gasteiger partial charge in [-0.1, -0.05) is 31.0 Å². The number of rotatable bonds is 7. The van der Waals surface area contributed by atoms with Crippen LogP contribution < -0.4 is 0 Å². The monoisotopic (exact) mass is 542 g/mol. The van der Waals surface area contributed by atoms with Gasteiger partial charge in [-0.05, 0) is 56.7 Å². The molecule has 6 rings (SSSR count). The molecule has 0 spiro atoms. The maximum atomic E-state index is 13.4. The summed E-state index contributed by atoms with van der Waals surface area (Å²) < 4.78 is 57.3. The van der Waals surface area contributed by atoms with Gasteiger partial charge in [0.1, 0.15) is 5.82 Å². The van der Waals surface area contributed by atoms with Crippen molar-refractivity contribution in [2.75, 3.05) is 7.05 Å². The summed E-state index contributed by atoms with van der Waals surface area (Å²) in [5.41, 5.74) is 2.40. The van der Waals surface area contributed by atoms with E-state index in [-0.39, 0.29) is 28.0 Å². The molecular weight excluding hydrogens is 512 g/mol. The largest absolute Gasteiger partial charge is 0.274 e. The lowest BCUT2D eigenvalue weighted by Crippen LogP contribution is -2.37. The third-order valence-electron chi connectivity index (χ3n) is 8.03. The highest BCUT2D eigenvalue weighted by Crippen LogP contribution is 2.45. The molecule has 2 aliphatic rings. The molecule has 0 unspecified atom stereocenters. The van der Waals surface area contributed by atoms with Crippen molar-refractivity contribution in [2.45, 2.75) is 68.1 Å². The Kier molecular flexibility index (Phi) is 5.70. The molecule has 0 saturated heterocycles. The van der Waals surface area contributed by atoms with Gasteiger partial charge in [-0.3, -0.25) is 4.40 Å². The first-order valence-corrected chi connectivity index (χ1v) is 15.6. The molecule has 0 N–H and O–H groups in total. The highest BCUT2D eigenvalue weighted by molar-refractivity contribution is 7.90. The van der Waals surface area contributed by atoms with Gasteiger partial charge in [0.15, 0.2) is 11.3 Å². The number of benzene rings is 1. The van der Waals surface area contributed by atoms with E-state index in [2.05, 4.69) is 22.1 Å². The molecule has 196 valence electrons. The Morgan fingerprint density at radius 1 is 1.03 bits per heavy atom. The smallest absolute Gasteiger partial charge is 0.269 e. The van der Waals surface area contributed by atoms with Gasteiger partial charge in [0.25, 0.3) is 10.0 Å². The van der Waals surface area contributed by atoms with E-state index in [1.807, 2.05) is 11.3 Å². The molecule has 0 bridgehead atoms. The Bertz CT molecular complexity index is 1710. The Labute approximate surface area is 216 Å². The molecule has 1 aromatic carbocycles. The third kappa shape index (κ3) is 3.88. The summed E-state index contributed by atoms with van der Waals surface area (Å²) in [5, 5.41) is 8.61. The van der Waals surface area contributed by atoms with E-state index < -0.39 is 20.0 Å². The zero-order valence-electron chi connectivity index (χ0n) is 21.0. The number of nitrogens with zero attached hydrogens (tertiary/aromatic N) is 6. The summed E-state index contributed by atoms with van der Waals surface area (Å²) in [6.45, 7) is 4.02. The molecule has 2 fully saturated rings. The van der Waals surface area contributed by atoms with E-state index in [1.54, 1.807) is 41.7 Å². The average molecular weight is 543 g/mol. The number of hydrogen-bond acceptors (Lipinski definition) is 7. The highest BCUT2D eigenvalue weighted by atomic mass is 32.2. The lowest BCUT2D eigenvalue weighted by atomic mass is 9.93. The van der Waals surface area contributed by atoms with Crippen LogP contribution in [0.2, 0.25) is 0 Å². The van der Waals surface area contributed by atoms with Gasteiger partial charge in [-0.15, -0.1) is 10.2 Å². The van der Waals surface area contributed by atoms with Crippen molar-refractivity contribution < 1.29 is 16.8 Å². The van der Waals surface area contributed by atoms with Crippen molar-refractivity contribution in [2.24, 2.45) is 5.92 Å². The fourth-order valence-electron chi connectivity index (χ4n) is 5.68. The summed E-state index contributed by atoms with van der Waals surface area (Å²) in [4.78, 5) is 4.62. The lowest BCUT2D eigenvalue weighted by Gasteiger charge is -2.24. The average Bonchev–Trinajstić information content (AvgIpc) is 3.32. The molecule has 2 saturated carbocycles. The maximum Gasteiger partial charge on any atom is 0.269 e. The molecule has 2 aliphatic carbocycles. The zero-order chi connectivity index (χ0) is 26.1. The van der Waals surface area contributed by atoms with Crippen LogP contribution in [0.25, 0.3) is 16.8 Å². The summed E-state index contributed by atoms with van der Waals surface area (Å²) in [6.07, 6.45) is 6.82. The summed E-state index contributed by atoms with van der Waals surface area (Å²) >= 11 is 0. The molecule has 10 nitrogen and oxygen atoms in total. The van der Waals surface area contributed by atoms with Crippen LogP contribution in [0.5, 0.6) is 0 Å². The third-order valence-corrected chi connectivity index (χ3v) is 12.1. The minimum Gasteiger partial charge on any atom is -0.274 e. The zero-order valence-corrected chi connectivity index (χ0v) is 22.7. The van der Waals surface area contributed by atoms with Crippen molar-refractivity contribution in [1.29, 1.82) is 0 Å². The molecule has 0 aliphatic heterocycles. The predicted octanol–water partition coefficient (Wildman–Crippen LogP) is 3.32. The summed E-state index contributed by atoms with van der Waals surface area (Å²) in [5.74, 6) is 0.944. The van der Waals surface area contributed by atoms with E-state index in [0.29, 0.717) is 23.2 Å². The minimum absolute atomic E-state index is 0.00971. The predicted molar refractivity (Wildman–Crippen MR) is 139 cm³/mol. The van der Waals surface area contributed by atoms with Crippen LogP contribution in [0.4, 0.5) is 0 Å². The first-order chi connectivity index (χ1) is 17.6. The Hall–Kier alpha value is -2.83. The normalized spacial score (nSPS) is 23.0. The van der Waals surface area contributed by atoms with E-state index in [1.165, 1.54) is 16.4 Å². The molecular formula is C25H30N6O4S2. The van der Waals surface area contributed by atoms with E-state index in [9.17, 15) is 16.8 Å². The second kappa shape index (κ2) is 8.60. The number of fused-ring (bicyclic) bond motifs is 3. The first kappa shape index (κ1) is 24.5. The topological polar surface area (TPSA) is 120 Å². The maximum absolute atomic E-state index is 13.4. The van der Waals surface area contributed by atoms with Crippen molar-refractivity contribution in [3.05, 3.63) is 54.1 Å². The van der Waals surface area contributed by atoms with E-state index in [0.717, 1.165) is 37.1 Å². The number of sulfonamides is 1. The van der Waals surface area contributed by atoms with Crippen LogP contribution in [0.1, 0.15) is 56.3 Å². The van der Waals surface area contributed by atoms with Gasteiger partial charge in [0.05, 0.1) is 21.9 Å². The fraction of sp³-hybridized carbons (Fsp3) is 0.480. The standard InChI is InChI=1S/C25H30N6O4S2/c1-4-17-13-18(29(3)36(32,33)19-9-10-19)14-21(17)24-28-27-23-15-26-25-22(31(23)24)11-12-30(25)37(34,35)20-7-5-16(2)6-8-20/h5-8,11-12,15,17-19,21H,4,9-10,13-14H2,1-3H3/t17-,18+,21+/m1/s1. The number of hydrogen-bond donors (Lipinski definition) is 0. The van der Waals surface area contributed by atoms with Crippen molar-refractivity contribution in [3.63, 3.8) is 0 Å². The first-order valence-electron chi connectivity index (χ1n) is 12.6. The van der Waals surface area contributed by atoms with Crippen LogP contribution in [0.15, 0.2) is 47.6 Å². The Balaban J connectivity index is 1.41. The molecule has 3 aromatic heterocycles. The van der Waals surface area contributed by atoms with Crippen LogP contribution in [-0.2, 0) is 20.0 Å². The molecule has 37 heavy (non-hydrogen) atoms. The number of aryl methyl sites for hydroxylation is 1. The minimum atomic E-state index is -3.85. The van der Waals surface area contributed by atoms with E-state index >= 15 is 0 Å². The van der Waals surface area contributed by atoms with Crippen LogP contribution in [0.3, 0.4) is 0 Å². The summed E-state index contributed by atoms with van der Waals surface area (Å²) in [7, 11) is -5.43.